The van der Waals surface area contributed by atoms with Crippen molar-refractivity contribution in [1.82, 2.24) is 62.5 Å². The number of aromatic nitrogens is 6. The van der Waals surface area contributed by atoms with E-state index in [4.69, 9.17) is 16.0 Å². The lowest BCUT2D eigenvalue weighted by molar-refractivity contribution is -0.143. The smallest absolute Gasteiger partial charge is 0.305 e. The van der Waals surface area contributed by atoms with E-state index < -0.39 is 193 Å². The number of nitrogens with one attached hydrogen (secondary N) is 8. The van der Waals surface area contributed by atoms with Gasteiger partial charge in [0.25, 0.3) is 0 Å². The molecule has 113 heavy (non-hydrogen) atoms. The van der Waals surface area contributed by atoms with Gasteiger partial charge in [-0.15, -0.1) is 10.2 Å². The summed E-state index contributed by atoms with van der Waals surface area (Å²) in [6.07, 6.45) is -3.05. The van der Waals surface area contributed by atoms with Crippen LogP contribution in [0.4, 0.5) is 4.39 Å². The molecule has 2 heterocycles. The first kappa shape index (κ1) is 90.4. The number of aliphatic hydroxyl groups excluding tert-OH is 3. The highest BCUT2D eigenvalue weighted by atomic mass is 19.1. The van der Waals surface area contributed by atoms with E-state index in [1.54, 1.807) is 18.3 Å². The number of amides is 7. The molecule has 14 N–H and O–H groups in total. The number of aliphatic carboxylic acids is 1. The second kappa shape index (κ2) is 43.9. The molecule has 34 heteroatoms. The number of Topliss-reactive ketones (excluding diaryl/α,β-unsaturated/α-hetero) is 4. The molecular weight excluding hydrogens is 1460 g/mol. The molecule has 0 radical (unpaired) electrons. The van der Waals surface area contributed by atoms with E-state index in [0.29, 0.717) is 63.0 Å². The van der Waals surface area contributed by atoms with Crippen molar-refractivity contribution in [3.63, 3.8) is 0 Å². The van der Waals surface area contributed by atoms with Gasteiger partial charge in [0.05, 0.1) is 61.6 Å². The van der Waals surface area contributed by atoms with Gasteiger partial charge in [0.2, 0.25) is 41.4 Å². The number of carbonyl (C=O) groups is 12. The van der Waals surface area contributed by atoms with Gasteiger partial charge in [0, 0.05) is 80.8 Å². The van der Waals surface area contributed by atoms with Crippen LogP contribution >= 0.6 is 0 Å². The minimum absolute atomic E-state index is 0.0142. The zero-order valence-corrected chi connectivity index (χ0v) is 64.8. The Balaban J connectivity index is 1.17. The number of carboxylic acid groups (broad SMARTS) is 1. The number of tetrazole rings is 1. The number of halogens is 1. The third-order valence-electron chi connectivity index (χ3n) is 19.4. The average molecular weight is 1570 g/mol. The number of benzene rings is 4. The fourth-order valence-corrected chi connectivity index (χ4v) is 12.9. The first-order valence-corrected chi connectivity index (χ1v) is 37.4. The van der Waals surface area contributed by atoms with Crippen LogP contribution in [-0.2, 0) is 96.1 Å². The number of H-pyrrole nitrogens is 2. The van der Waals surface area contributed by atoms with Crippen LogP contribution in [0.1, 0.15) is 151 Å². The Kier molecular flexibility index (Phi) is 35.2. The van der Waals surface area contributed by atoms with Gasteiger partial charge >= 0.3 is 5.97 Å². The predicted octanol–water partition coefficient (Wildman–Crippen LogP) is 4.42. The molecule has 608 valence electrons. The van der Waals surface area contributed by atoms with Gasteiger partial charge in [-0.2, -0.15) is 5.21 Å². The maximum absolute atomic E-state index is 15.6. The number of aryl methyl sites for hydroxylation is 4. The summed E-state index contributed by atoms with van der Waals surface area (Å²) in [6.45, 7) is 11.8. The number of hydrogen-bond donors (Lipinski definition) is 13. The number of carboxylic acids is 1. The highest BCUT2D eigenvalue weighted by Crippen LogP contribution is 2.33. The fraction of sp³-hybridized carbons (Fsp3) is 0.494. The van der Waals surface area contributed by atoms with Crippen molar-refractivity contribution in [3.05, 3.63) is 159 Å². The Morgan fingerprint density at radius 2 is 1.37 bits per heavy atom. The molecule has 10 atom stereocenters. The van der Waals surface area contributed by atoms with E-state index >= 15 is 4.39 Å². The van der Waals surface area contributed by atoms with Gasteiger partial charge in [-0.25, -0.2) is 9.37 Å². The summed E-state index contributed by atoms with van der Waals surface area (Å²) in [6, 6.07) is 15.7. The van der Waals surface area contributed by atoms with Crippen LogP contribution in [0.25, 0.3) is 21.6 Å². The fourth-order valence-electron chi connectivity index (χ4n) is 12.9. The molecule has 2 aromatic heterocycles. The molecule has 0 aliphatic rings. The van der Waals surface area contributed by atoms with Crippen LogP contribution in [0.3, 0.4) is 0 Å². The quantitative estimate of drug-likeness (QED) is 0.00826. The summed E-state index contributed by atoms with van der Waals surface area (Å²) in [5, 5.41) is 75.1. The summed E-state index contributed by atoms with van der Waals surface area (Å²) in [5.74, 6) is -15.3. The maximum atomic E-state index is 15.6. The summed E-state index contributed by atoms with van der Waals surface area (Å²) in [5.41, 5.74) is 17.5. The molecule has 6 aromatic rings. The molecule has 0 fully saturated rings. The van der Waals surface area contributed by atoms with E-state index in [1.165, 1.54) is 45.3 Å². The Hall–Kier alpha value is -11.5. The third-order valence-corrected chi connectivity index (χ3v) is 19.4. The number of azide groups is 1. The molecule has 0 unspecified atom stereocenters. The minimum atomic E-state index is -2.11. The van der Waals surface area contributed by atoms with Gasteiger partial charge in [0.1, 0.15) is 35.1 Å². The Morgan fingerprint density at radius 1 is 0.699 bits per heavy atom. The lowest BCUT2D eigenvalue weighted by Gasteiger charge is -2.33. The minimum Gasteiger partial charge on any atom is -0.494 e. The second-order valence-electron chi connectivity index (χ2n) is 29.2. The van der Waals surface area contributed by atoms with Gasteiger partial charge in [-0.3, -0.25) is 57.5 Å². The SMILES string of the molecule is CCc1cc(OCCCCN=[N+]=[N-])ccc1-c1ccc(C[C@H](CC(=O)[C@H](CC(=O)O)NC(=O)[C@H](CO)CC(=O)[C@@H](NC(=O)[C@@](C)(CC(=O)[C@@H](NC(=O)CCC(=O)[C@H](Cc2nn[nH]n2)NC(=O)C(C)(C)C(=O)NCCc2cnc[nH]2)[C@@H](C)O)Cc2ccccc2F)[C@@H](C)O)C(=O)N[C@@H](CCCc2cc(C)cc(C)c2)C(N)=O)cc1. The number of unbranched alkanes of at least 4 members (excludes halogenated alkanes) is 1. The number of nitrogens with zero attached hydrogens (tertiary/aromatic N) is 7. The number of ketones is 4. The van der Waals surface area contributed by atoms with Crippen molar-refractivity contribution in [2.45, 2.75) is 201 Å². The molecular formula is C79H103FN16O17. The number of rotatable bonds is 50. The Labute approximate surface area is 653 Å². The van der Waals surface area contributed by atoms with Crippen molar-refractivity contribution < 1.29 is 87.1 Å². The predicted molar refractivity (Wildman–Crippen MR) is 409 cm³/mol. The Morgan fingerprint density at radius 3 is 1.99 bits per heavy atom. The summed E-state index contributed by atoms with van der Waals surface area (Å²) in [4.78, 5) is 177. The highest BCUT2D eigenvalue weighted by Gasteiger charge is 2.44. The van der Waals surface area contributed by atoms with E-state index in [2.05, 4.69) is 72.5 Å². The molecule has 0 saturated carbocycles. The number of aliphatic hydroxyl groups is 3. The normalized spacial score (nSPS) is 14.3. The zero-order chi connectivity index (χ0) is 83.1. The molecule has 0 spiro atoms. The molecule has 6 rings (SSSR count). The summed E-state index contributed by atoms with van der Waals surface area (Å²) < 4.78 is 21.5. The maximum Gasteiger partial charge on any atom is 0.305 e. The van der Waals surface area contributed by atoms with E-state index in [0.717, 1.165) is 59.0 Å². The van der Waals surface area contributed by atoms with Gasteiger partial charge < -0.3 is 67.8 Å². The van der Waals surface area contributed by atoms with Crippen molar-refractivity contribution >= 4 is 70.5 Å². The average Bonchev–Trinajstić information content (AvgIpc) is 1.17. The second-order valence-corrected chi connectivity index (χ2v) is 29.2. The first-order valence-electron chi connectivity index (χ1n) is 37.4. The summed E-state index contributed by atoms with van der Waals surface area (Å²) >= 11 is 0. The number of primary amides is 1. The number of imidazole rings is 1. The molecule has 0 saturated heterocycles. The Bertz CT molecular complexity index is 4300. The lowest BCUT2D eigenvalue weighted by Crippen LogP contribution is -2.55. The summed E-state index contributed by atoms with van der Waals surface area (Å²) in [7, 11) is 0. The van der Waals surface area contributed by atoms with E-state index in [-0.39, 0.29) is 37.2 Å². The molecule has 4 aromatic carbocycles. The molecule has 0 bridgehead atoms. The molecule has 0 aliphatic heterocycles. The van der Waals surface area contributed by atoms with Gasteiger partial charge in [-0.05, 0) is 150 Å². The van der Waals surface area contributed by atoms with Crippen LogP contribution in [0.2, 0.25) is 0 Å². The zero-order valence-electron chi connectivity index (χ0n) is 64.8. The van der Waals surface area contributed by atoms with Crippen molar-refractivity contribution in [2.75, 3.05) is 26.3 Å². The molecule has 33 nitrogen and oxygen atoms in total. The van der Waals surface area contributed by atoms with Crippen LogP contribution in [0.5, 0.6) is 5.75 Å². The monoisotopic (exact) mass is 1570 g/mol. The third kappa shape index (κ3) is 28.3. The van der Waals surface area contributed by atoms with Crippen molar-refractivity contribution in [2.24, 2.45) is 33.5 Å². The lowest BCUT2D eigenvalue weighted by atomic mass is 9.76. The van der Waals surface area contributed by atoms with Crippen LogP contribution in [-0.4, -0.2) is 190 Å². The van der Waals surface area contributed by atoms with E-state index in [1.807, 2.05) is 69.3 Å². The van der Waals surface area contributed by atoms with Crippen molar-refractivity contribution in [3.8, 4) is 16.9 Å². The first-order chi connectivity index (χ1) is 53.6. The number of ether oxygens (including phenoxy) is 1. The topological polar surface area (TPSA) is 525 Å². The number of nitrogens with two attached hydrogens (primary N) is 1. The van der Waals surface area contributed by atoms with E-state index in [9.17, 15) is 78.0 Å². The van der Waals surface area contributed by atoms with Gasteiger partial charge in [-0.1, -0.05) is 102 Å². The van der Waals surface area contributed by atoms with Crippen LogP contribution < -0.4 is 42.4 Å². The number of carbonyl (C=O) groups excluding carboxylic acids is 11. The van der Waals surface area contributed by atoms with Crippen molar-refractivity contribution in [1.29, 1.82) is 0 Å². The van der Waals surface area contributed by atoms with Crippen LogP contribution in [0, 0.1) is 42.3 Å². The number of aromatic amines is 2. The van der Waals surface area contributed by atoms with Crippen LogP contribution in [0.15, 0.2) is 103 Å². The number of hydrogen-bond acceptors (Lipinski definition) is 21. The van der Waals surface area contributed by atoms with Gasteiger partial charge in [0.15, 0.2) is 29.0 Å². The highest BCUT2D eigenvalue weighted by molar-refractivity contribution is 6.06. The largest absolute Gasteiger partial charge is 0.494 e. The molecule has 0 aliphatic carbocycles. The standard InChI is InChI=1S/C79H103FN16O17/c1-9-51-35-57(113-30-13-12-28-86-94-82)23-24-58(51)52-21-19-49(20-22-52)34-54(73(108)87-60(72(81)107)18-14-15-50-32-45(2)31-46(3)33-50)36-64(101)62(39-69(105)106)88-74(109)55(43-97)37-65(102)70(47(4)98)91-77(112)79(8,40-53-16-10-11-17-59(53)80)41-66(103)71(48(5)99)90-68(104)26-25-63(100)61(38-67-92-95-96-93-67)89-76(111)78(6,7)75(110)84-29-27-56-42-83-44-85-56/h10-11,16-17,19-24,31-33,35,42,44,47-48,54-55,60-62,70-71,97-99H,9,12-15,18,25-30,34,36-41,43H2,1-8H3,(H2,81,107)(H,83,85)(H,84,110)(H,87,108)(H,88,109)(H,89,111)(H,90,104)(H,91,112)(H,105,106)(H,92,93,95,96)/t47-,48-,54-,55+,60+,61+,62+,70+,71+,79-/m1/s1. The molecule has 7 amide bonds.